The molecule has 3 N–H and O–H groups in total. The van der Waals surface area contributed by atoms with E-state index in [4.69, 9.17) is 10.5 Å². The van der Waals surface area contributed by atoms with Crippen LogP contribution >= 0.6 is 0 Å². The minimum Gasteiger partial charge on any atom is -0.468 e. The first-order valence-electron chi connectivity index (χ1n) is 7.26. The molecular formula is C16H24N2O2. The number of rotatable bonds is 5. The average molecular weight is 276 g/mol. The molecule has 0 fully saturated rings. The molecule has 4 unspecified atom stereocenters. The van der Waals surface area contributed by atoms with Gasteiger partial charge in [-0.2, -0.15) is 0 Å². The van der Waals surface area contributed by atoms with Gasteiger partial charge in [0.25, 0.3) is 0 Å². The average Bonchev–Trinajstić information content (AvgIpc) is 2.80. The monoisotopic (exact) mass is 276 g/mol. The van der Waals surface area contributed by atoms with Crippen LogP contribution in [0.1, 0.15) is 49.9 Å². The Labute approximate surface area is 120 Å². The van der Waals surface area contributed by atoms with Crippen LogP contribution in [0.3, 0.4) is 0 Å². The van der Waals surface area contributed by atoms with Gasteiger partial charge in [0.15, 0.2) is 0 Å². The summed E-state index contributed by atoms with van der Waals surface area (Å²) >= 11 is 0. The Hall–Kier alpha value is -1.39. The smallest absolute Gasteiger partial charge is 0.323 e. The van der Waals surface area contributed by atoms with Crippen LogP contribution in [0.25, 0.3) is 0 Å². The second kappa shape index (κ2) is 6.37. The van der Waals surface area contributed by atoms with E-state index >= 15 is 0 Å². The van der Waals surface area contributed by atoms with E-state index in [9.17, 15) is 4.79 Å². The molecule has 4 atom stereocenters. The quantitative estimate of drug-likeness (QED) is 0.810. The predicted molar refractivity (Wildman–Crippen MR) is 79.1 cm³/mol. The first-order chi connectivity index (χ1) is 9.58. The van der Waals surface area contributed by atoms with Crippen molar-refractivity contribution in [3.8, 4) is 0 Å². The zero-order valence-corrected chi connectivity index (χ0v) is 12.4. The van der Waals surface area contributed by atoms with Crippen LogP contribution in [0.4, 0.5) is 0 Å². The summed E-state index contributed by atoms with van der Waals surface area (Å²) in [5.74, 6) is 0.0312. The second-order valence-electron chi connectivity index (χ2n) is 5.58. The highest BCUT2D eigenvalue weighted by Crippen LogP contribution is 2.37. The van der Waals surface area contributed by atoms with Crippen molar-refractivity contribution in [2.75, 3.05) is 7.11 Å². The van der Waals surface area contributed by atoms with Gasteiger partial charge in [-0.15, -0.1) is 0 Å². The number of carbonyl (C=O) groups excluding carboxylic acids is 1. The zero-order chi connectivity index (χ0) is 14.7. The summed E-state index contributed by atoms with van der Waals surface area (Å²) in [6, 6.07) is 8.06. The number of nitrogens with two attached hydrogens (primary N) is 1. The molecule has 20 heavy (non-hydrogen) atoms. The number of hydrogen-bond acceptors (Lipinski definition) is 4. The molecule has 0 amide bonds. The lowest BCUT2D eigenvalue weighted by molar-refractivity contribution is -0.144. The van der Waals surface area contributed by atoms with Crippen LogP contribution in [0.5, 0.6) is 0 Å². The van der Waals surface area contributed by atoms with Crippen molar-refractivity contribution in [3.05, 3.63) is 35.4 Å². The van der Waals surface area contributed by atoms with E-state index in [-0.39, 0.29) is 30.0 Å². The van der Waals surface area contributed by atoms with Crippen LogP contribution in [-0.2, 0) is 9.53 Å². The Balaban J connectivity index is 2.18. The van der Waals surface area contributed by atoms with Gasteiger partial charge in [0.2, 0.25) is 0 Å². The Morgan fingerprint density at radius 3 is 2.70 bits per heavy atom. The van der Waals surface area contributed by atoms with E-state index in [1.54, 1.807) is 0 Å². The number of nitrogens with one attached hydrogen (secondary N) is 1. The molecule has 1 aliphatic rings. The summed E-state index contributed by atoms with van der Waals surface area (Å²) in [5, 5.41) is 3.45. The number of ether oxygens (including phenoxy) is 1. The molecule has 0 heterocycles. The number of fused-ring (bicyclic) bond motifs is 1. The first-order valence-corrected chi connectivity index (χ1v) is 7.26. The van der Waals surface area contributed by atoms with Gasteiger partial charge >= 0.3 is 5.97 Å². The van der Waals surface area contributed by atoms with Crippen molar-refractivity contribution in [1.82, 2.24) is 5.32 Å². The Kier molecular flexibility index (Phi) is 4.78. The summed E-state index contributed by atoms with van der Waals surface area (Å²) < 4.78 is 4.93. The molecule has 4 nitrogen and oxygen atoms in total. The van der Waals surface area contributed by atoms with Gasteiger partial charge in [-0.25, -0.2) is 0 Å². The maximum Gasteiger partial charge on any atom is 0.323 e. The maximum atomic E-state index is 12.0. The van der Waals surface area contributed by atoms with Gasteiger partial charge in [0.1, 0.15) is 6.04 Å². The molecule has 0 spiro atoms. The molecule has 4 heteroatoms. The lowest BCUT2D eigenvalue weighted by Gasteiger charge is -2.26. The fourth-order valence-electron chi connectivity index (χ4n) is 2.88. The number of carbonyl (C=O) groups is 1. The second-order valence-corrected chi connectivity index (χ2v) is 5.58. The van der Waals surface area contributed by atoms with Crippen molar-refractivity contribution in [3.63, 3.8) is 0 Å². The molecule has 0 saturated heterocycles. The summed E-state index contributed by atoms with van der Waals surface area (Å²) in [4.78, 5) is 12.0. The molecule has 0 aromatic heterocycles. The van der Waals surface area contributed by atoms with Crippen LogP contribution in [-0.4, -0.2) is 19.1 Å². The van der Waals surface area contributed by atoms with E-state index in [0.29, 0.717) is 0 Å². The summed E-state index contributed by atoms with van der Waals surface area (Å²) in [6.07, 6.45) is 1.75. The number of esters is 1. The third-order valence-corrected chi connectivity index (χ3v) is 4.31. The number of methoxy groups -OCH3 is 1. The van der Waals surface area contributed by atoms with E-state index < -0.39 is 0 Å². The van der Waals surface area contributed by atoms with Gasteiger partial charge in [0, 0.05) is 12.1 Å². The van der Waals surface area contributed by atoms with Gasteiger partial charge < -0.3 is 10.5 Å². The maximum absolute atomic E-state index is 12.0. The zero-order valence-electron chi connectivity index (χ0n) is 12.4. The lowest BCUT2D eigenvalue weighted by Crippen LogP contribution is -2.44. The molecular weight excluding hydrogens is 252 g/mol. The SMILES string of the molecule is CCC(C)C(NC1CC(N)c2ccccc21)C(=O)OC. The van der Waals surface area contributed by atoms with Crippen LogP contribution in [0.2, 0.25) is 0 Å². The highest BCUT2D eigenvalue weighted by atomic mass is 16.5. The number of hydrogen-bond donors (Lipinski definition) is 2. The van der Waals surface area contributed by atoms with Crippen LogP contribution in [0, 0.1) is 5.92 Å². The Morgan fingerprint density at radius 1 is 1.45 bits per heavy atom. The minimum absolute atomic E-state index is 0.0407. The van der Waals surface area contributed by atoms with E-state index in [0.717, 1.165) is 12.8 Å². The standard InChI is InChI=1S/C16H24N2O2/c1-4-10(2)15(16(19)20-3)18-14-9-13(17)11-7-5-6-8-12(11)14/h5-8,10,13-15,18H,4,9,17H2,1-3H3. The largest absolute Gasteiger partial charge is 0.468 e. The van der Waals surface area contributed by atoms with Crippen LogP contribution in [0.15, 0.2) is 24.3 Å². The van der Waals surface area contributed by atoms with Crippen molar-refractivity contribution in [1.29, 1.82) is 0 Å². The van der Waals surface area contributed by atoms with E-state index in [1.807, 2.05) is 12.1 Å². The van der Waals surface area contributed by atoms with Crippen molar-refractivity contribution < 1.29 is 9.53 Å². The molecule has 1 aromatic carbocycles. The summed E-state index contributed by atoms with van der Waals surface area (Å²) in [7, 11) is 1.44. The molecule has 1 aromatic rings. The Morgan fingerprint density at radius 2 is 2.10 bits per heavy atom. The van der Waals surface area contributed by atoms with Crippen molar-refractivity contribution >= 4 is 5.97 Å². The molecule has 1 aliphatic carbocycles. The summed E-state index contributed by atoms with van der Waals surface area (Å²) in [5.41, 5.74) is 8.56. The van der Waals surface area contributed by atoms with Crippen LogP contribution < -0.4 is 11.1 Å². The highest BCUT2D eigenvalue weighted by Gasteiger charge is 2.33. The van der Waals surface area contributed by atoms with Gasteiger partial charge in [-0.3, -0.25) is 10.1 Å². The van der Waals surface area contributed by atoms with Gasteiger partial charge in [0.05, 0.1) is 7.11 Å². The fourth-order valence-corrected chi connectivity index (χ4v) is 2.88. The highest BCUT2D eigenvalue weighted by molar-refractivity contribution is 5.76. The molecule has 2 rings (SSSR count). The molecule has 0 aliphatic heterocycles. The predicted octanol–water partition coefficient (Wildman–Crippen LogP) is 2.31. The van der Waals surface area contributed by atoms with Crippen molar-refractivity contribution in [2.45, 2.75) is 44.8 Å². The molecule has 0 bridgehead atoms. The molecule has 0 radical (unpaired) electrons. The lowest BCUT2D eigenvalue weighted by atomic mass is 9.97. The van der Waals surface area contributed by atoms with Gasteiger partial charge in [-0.1, -0.05) is 44.5 Å². The van der Waals surface area contributed by atoms with E-state index in [1.165, 1.54) is 18.2 Å². The van der Waals surface area contributed by atoms with E-state index in [2.05, 4.69) is 31.3 Å². The Bertz CT molecular complexity index is 475. The first kappa shape index (κ1) is 15.0. The van der Waals surface area contributed by atoms with Crippen molar-refractivity contribution in [2.24, 2.45) is 11.7 Å². The normalized spacial score (nSPS) is 24.0. The molecule has 0 saturated carbocycles. The fraction of sp³-hybridized carbons (Fsp3) is 0.562. The third-order valence-electron chi connectivity index (χ3n) is 4.31. The molecule has 110 valence electrons. The minimum atomic E-state index is -0.284. The number of benzene rings is 1. The summed E-state index contributed by atoms with van der Waals surface area (Å²) in [6.45, 7) is 4.14. The topological polar surface area (TPSA) is 64.3 Å². The van der Waals surface area contributed by atoms with Gasteiger partial charge in [-0.05, 0) is 23.5 Å². The third kappa shape index (κ3) is 2.86.